The predicted octanol–water partition coefficient (Wildman–Crippen LogP) is 9.54. The molecular formula is C40H19F3N4O2S2. The summed E-state index contributed by atoms with van der Waals surface area (Å²) in [5.74, 6) is -4.07. The fourth-order valence-corrected chi connectivity index (χ4v) is 10.4. The molecule has 2 aromatic carbocycles. The summed E-state index contributed by atoms with van der Waals surface area (Å²) in [5.41, 5.74) is 2.07. The van der Waals surface area contributed by atoms with Crippen molar-refractivity contribution < 1.29 is 22.8 Å². The third kappa shape index (κ3) is 4.50. The van der Waals surface area contributed by atoms with Gasteiger partial charge in [0.1, 0.15) is 41.2 Å². The molecule has 1 fully saturated rings. The van der Waals surface area contributed by atoms with Gasteiger partial charge in [-0.1, -0.05) is 12.8 Å². The van der Waals surface area contributed by atoms with Crippen LogP contribution in [0.1, 0.15) is 84.0 Å². The number of carbonyl (C=O) groups excluding carboxylic acids is 2. The zero-order valence-electron chi connectivity index (χ0n) is 26.5. The fraction of sp³-hybridized carbons (Fsp3) is 0.150. The van der Waals surface area contributed by atoms with Crippen LogP contribution in [0.3, 0.4) is 0 Å². The summed E-state index contributed by atoms with van der Waals surface area (Å²) in [6.07, 6.45) is 6.89. The molecule has 4 aliphatic carbocycles. The number of hydrogen-bond acceptors (Lipinski definition) is 8. The molecule has 1 saturated carbocycles. The van der Waals surface area contributed by atoms with Crippen LogP contribution in [0.15, 0.2) is 58.7 Å². The van der Waals surface area contributed by atoms with E-state index >= 15 is 0 Å². The summed E-state index contributed by atoms with van der Waals surface area (Å²) in [5, 5.41) is 39.0. The van der Waals surface area contributed by atoms with Gasteiger partial charge in [0.15, 0.2) is 23.2 Å². The van der Waals surface area contributed by atoms with E-state index in [1.165, 1.54) is 28.7 Å². The molecule has 1 spiro atoms. The van der Waals surface area contributed by atoms with Gasteiger partial charge in [0.25, 0.3) is 0 Å². The molecule has 0 radical (unpaired) electrons. The summed E-state index contributed by atoms with van der Waals surface area (Å²) >= 11 is 2.85. The molecule has 2 heterocycles. The maximum absolute atomic E-state index is 14.6. The summed E-state index contributed by atoms with van der Waals surface area (Å²) in [6.45, 7) is 1.55. The van der Waals surface area contributed by atoms with E-state index in [0.717, 1.165) is 69.6 Å². The Morgan fingerprint density at radius 2 is 1.06 bits per heavy atom. The van der Waals surface area contributed by atoms with Gasteiger partial charge in [-0.05, 0) is 96.1 Å². The molecule has 244 valence electrons. The lowest BCUT2D eigenvalue weighted by atomic mass is 9.78. The molecule has 0 unspecified atom stereocenters. The summed E-state index contributed by atoms with van der Waals surface area (Å²) in [4.78, 5) is 30.5. The van der Waals surface area contributed by atoms with Crippen molar-refractivity contribution in [2.24, 2.45) is 0 Å². The first kappa shape index (κ1) is 32.1. The van der Waals surface area contributed by atoms with E-state index < -0.39 is 29.0 Å². The number of hydrogen-bond donors (Lipinski definition) is 0. The third-order valence-electron chi connectivity index (χ3n) is 10.1. The standard InChI is InChI=1S/C40H19F3N4O2S2/c1-18-6-23-25(12-31(18)41)36(48)27(34(23)19(14-44)15-45)7-21-9-29-38(50-21)39-30(40(29)4-2-3-5-40)10-22(51-39)8-28-35(20(16-46)17-47)24-11-32(42)33(43)13-26(24)37(28)49/h6-13H,2-5H2,1H3/b27-7-,28-8-. The molecule has 8 rings (SSSR count). The molecule has 0 N–H and O–H groups in total. The molecule has 0 saturated heterocycles. The molecule has 6 nitrogen and oxygen atoms in total. The normalized spacial score (nSPS) is 17.6. The van der Waals surface area contributed by atoms with Gasteiger partial charge in [-0.25, -0.2) is 13.2 Å². The van der Waals surface area contributed by atoms with Crippen LogP contribution in [0.4, 0.5) is 13.2 Å². The van der Waals surface area contributed by atoms with Gasteiger partial charge in [0, 0.05) is 58.3 Å². The molecule has 4 aromatic rings. The number of benzene rings is 2. The van der Waals surface area contributed by atoms with Gasteiger partial charge in [0.2, 0.25) is 0 Å². The van der Waals surface area contributed by atoms with Gasteiger partial charge in [-0.2, -0.15) is 21.0 Å². The zero-order valence-corrected chi connectivity index (χ0v) is 28.1. The van der Waals surface area contributed by atoms with Crippen molar-refractivity contribution in [3.8, 4) is 34.0 Å². The SMILES string of the molecule is Cc1cc2c(cc1F)C(=O)/C(=C\c1cc3c(s1)-c1sc(/C=C4\C(=O)c5cc(F)c(F)cc5C4=C(C#N)C#N)cc1C31CCCC1)C2=C(C#N)C#N. The first-order valence-corrected chi connectivity index (χ1v) is 17.4. The monoisotopic (exact) mass is 708 g/mol. The number of nitrogens with zero attached hydrogens (tertiary/aromatic N) is 4. The molecule has 0 aliphatic heterocycles. The second-order valence-corrected chi connectivity index (χ2v) is 14.9. The highest BCUT2D eigenvalue weighted by molar-refractivity contribution is 7.23. The Bertz CT molecular complexity index is 2460. The second kappa shape index (κ2) is 11.5. The number of fused-ring (bicyclic) bond motifs is 7. The maximum Gasteiger partial charge on any atom is 0.194 e. The highest BCUT2D eigenvalue weighted by Crippen LogP contribution is 2.62. The smallest absolute Gasteiger partial charge is 0.194 e. The second-order valence-electron chi connectivity index (χ2n) is 12.8. The maximum atomic E-state index is 14.6. The first-order valence-electron chi connectivity index (χ1n) is 15.8. The molecule has 0 bridgehead atoms. The van der Waals surface area contributed by atoms with E-state index in [-0.39, 0.29) is 61.1 Å². The number of allylic oxidation sites excluding steroid dienone is 6. The number of carbonyl (C=O) groups is 2. The van der Waals surface area contributed by atoms with E-state index in [1.54, 1.807) is 31.2 Å². The van der Waals surface area contributed by atoms with Crippen molar-refractivity contribution in [1.82, 2.24) is 0 Å². The number of thiophene rings is 2. The topological polar surface area (TPSA) is 129 Å². The molecular weight excluding hydrogens is 690 g/mol. The first-order chi connectivity index (χ1) is 24.5. The Kier molecular flexibility index (Phi) is 7.22. The van der Waals surface area contributed by atoms with Crippen LogP contribution >= 0.6 is 22.7 Å². The minimum absolute atomic E-state index is 0.00131. The molecule has 51 heavy (non-hydrogen) atoms. The molecule has 4 aliphatic rings. The average Bonchev–Trinajstić information content (AvgIpc) is 3.96. The van der Waals surface area contributed by atoms with Crippen molar-refractivity contribution in [2.45, 2.75) is 38.0 Å². The third-order valence-corrected chi connectivity index (χ3v) is 12.5. The number of Topliss-reactive ketones (excluding diaryl/α,β-unsaturated/α-hetero) is 2. The number of aryl methyl sites for hydroxylation is 1. The van der Waals surface area contributed by atoms with Gasteiger partial charge in [-0.15, -0.1) is 22.7 Å². The van der Waals surface area contributed by atoms with E-state index in [9.17, 15) is 43.8 Å². The minimum Gasteiger partial charge on any atom is -0.289 e. The van der Waals surface area contributed by atoms with Crippen LogP contribution in [0.2, 0.25) is 0 Å². The van der Waals surface area contributed by atoms with Gasteiger partial charge >= 0.3 is 0 Å². The van der Waals surface area contributed by atoms with Crippen LogP contribution in [0, 0.1) is 69.7 Å². The van der Waals surface area contributed by atoms with Gasteiger partial charge in [0.05, 0.1) is 0 Å². The van der Waals surface area contributed by atoms with Crippen molar-refractivity contribution in [1.29, 1.82) is 21.0 Å². The fourth-order valence-electron chi connectivity index (χ4n) is 7.87. The van der Waals surface area contributed by atoms with Crippen molar-refractivity contribution in [3.63, 3.8) is 0 Å². The highest BCUT2D eigenvalue weighted by atomic mass is 32.1. The molecule has 11 heteroatoms. The Hall–Kier alpha value is -6.11. The molecule has 2 aromatic heterocycles. The predicted molar refractivity (Wildman–Crippen MR) is 185 cm³/mol. The van der Waals surface area contributed by atoms with Gasteiger partial charge < -0.3 is 0 Å². The number of nitriles is 4. The summed E-state index contributed by atoms with van der Waals surface area (Å²) < 4.78 is 43.1. The van der Waals surface area contributed by atoms with E-state index in [1.807, 2.05) is 24.3 Å². The van der Waals surface area contributed by atoms with Gasteiger partial charge in [-0.3, -0.25) is 9.59 Å². The Balaban J connectivity index is 1.27. The van der Waals surface area contributed by atoms with Crippen LogP contribution in [-0.2, 0) is 5.41 Å². The van der Waals surface area contributed by atoms with Crippen LogP contribution in [0.5, 0.6) is 0 Å². The van der Waals surface area contributed by atoms with E-state index in [2.05, 4.69) is 0 Å². The number of rotatable bonds is 2. The minimum atomic E-state index is -1.21. The number of halogens is 3. The average molecular weight is 709 g/mol. The van der Waals surface area contributed by atoms with Crippen molar-refractivity contribution in [2.75, 3.05) is 0 Å². The Morgan fingerprint density at radius 3 is 1.51 bits per heavy atom. The summed E-state index contributed by atoms with van der Waals surface area (Å²) in [6, 6.07) is 15.7. The quantitative estimate of drug-likeness (QED) is 0.151. The highest BCUT2D eigenvalue weighted by Gasteiger charge is 2.48. The number of ketones is 2. The zero-order chi connectivity index (χ0) is 35.9. The van der Waals surface area contributed by atoms with Crippen LogP contribution in [0.25, 0.3) is 33.1 Å². The van der Waals surface area contributed by atoms with E-state index in [0.29, 0.717) is 10.4 Å². The molecule has 0 amide bonds. The van der Waals surface area contributed by atoms with E-state index in [4.69, 9.17) is 0 Å². The summed E-state index contributed by atoms with van der Waals surface area (Å²) in [7, 11) is 0. The Morgan fingerprint density at radius 1 is 0.647 bits per heavy atom. The lowest BCUT2D eigenvalue weighted by Crippen LogP contribution is -2.19. The molecule has 0 atom stereocenters. The van der Waals surface area contributed by atoms with Crippen molar-refractivity contribution in [3.05, 3.63) is 125 Å². The lowest BCUT2D eigenvalue weighted by Gasteiger charge is -2.24. The van der Waals surface area contributed by atoms with Crippen molar-refractivity contribution >= 4 is 57.5 Å². The Labute approximate surface area is 297 Å². The van der Waals surface area contributed by atoms with Crippen LogP contribution in [-0.4, -0.2) is 11.6 Å². The largest absolute Gasteiger partial charge is 0.289 e. The lowest BCUT2D eigenvalue weighted by molar-refractivity contribution is 0.103. The van der Waals surface area contributed by atoms with Crippen LogP contribution < -0.4 is 0 Å².